The molecule has 6 N–H and O–H groups in total. The Labute approximate surface area is 54.5 Å². The first-order chi connectivity index (χ1) is 4.20. The second-order valence-corrected chi connectivity index (χ2v) is 2.07. The fourth-order valence-corrected chi connectivity index (χ4v) is 0.520. The predicted molar refractivity (Wildman–Crippen MR) is 34.7 cm³/mol. The molecule has 4 nitrogen and oxygen atoms in total. The van der Waals surface area contributed by atoms with Crippen molar-refractivity contribution in [2.24, 2.45) is 11.5 Å². The molecule has 4 heteroatoms. The Kier molecular flexibility index (Phi) is 4.61. The second kappa shape index (κ2) is 4.69. The third-order valence-corrected chi connectivity index (χ3v) is 1.09. The average molecular weight is 134 g/mol. The molecule has 0 amide bonds. The molecule has 0 aromatic rings. The van der Waals surface area contributed by atoms with Crippen molar-refractivity contribution < 1.29 is 10.2 Å². The Morgan fingerprint density at radius 3 is 2.33 bits per heavy atom. The van der Waals surface area contributed by atoms with Gasteiger partial charge in [-0.15, -0.1) is 0 Å². The lowest BCUT2D eigenvalue weighted by Crippen LogP contribution is -2.34. The molecule has 0 aliphatic rings. The molecule has 0 saturated carbocycles. The lowest BCUT2D eigenvalue weighted by molar-refractivity contribution is 0.0832. The Hall–Kier alpha value is -0.160. The summed E-state index contributed by atoms with van der Waals surface area (Å²) in [4.78, 5) is 0. The molecular weight excluding hydrogens is 120 g/mol. The maximum atomic E-state index is 8.77. The number of rotatable bonds is 4. The summed E-state index contributed by atoms with van der Waals surface area (Å²) >= 11 is 0. The Morgan fingerprint density at radius 1 is 1.44 bits per heavy atom. The molecule has 0 aliphatic carbocycles. The lowest BCUT2D eigenvalue weighted by atomic mass is 10.1. The normalized spacial score (nSPS) is 17.3. The molecule has 0 aromatic carbocycles. The maximum absolute atomic E-state index is 8.77. The smallest absolute Gasteiger partial charge is 0.0786 e. The van der Waals surface area contributed by atoms with Crippen molar-refractivity contribution in [2.75, 3.05) is 13.2 Å². The van der Waals surface area contributed by atoms with Gasteiger partial charge >= 0.3 is 0 Å². The Bertz CT molecular complexity index is 62.0. The number of aliphatic hydroxyl groups excluding tert-OH is 2. The van der Waals surface area contributed by atoms with Gasteiger partial charge in [0.2, 0.25) is 0 Å². The van der Waals surface area contributed by atoms with Crippen molar-refractivity contribution in [3.05, 3.63) is 0 Å². The summed E-state index contributed by atoms with van der Waals surface area (Å²) in [7, 11) is 0. The molecule has 0 aromatic heterocycles. The monoisotopic (exact) mass is 134 g/mol. The van der Waals surface area contributed by atoms with E-state index in [4.69, 9.17) is 21.7 Å². The molecule has 0 fully saturated rings. The topological polar surface area (TPSA) is 92.5 Å². The minimum Gasteiger partial charge on any atom is -0.394 e. The molecule has 0 bridgehead atoms. The number of aliphatic hydroxyl groups is 2. The summed E-state index contributed by atoms with van der Waals surface area (Å²) in [5.74, 6) is 0. The van der Waals surface area contributed by atoms with Gasteiger partial charge in [0.05, 0.1) is 12.7 Å². The van der Waals surface area contributed by atoms with E-state index in [1.54, 1.807) is 0 Å². The van der Waals surface area contributed by atoms with Crippen LogP contribution >= 0.6 is 0 Å². The third-order valence-electron chi connectivity index (χ3n) is 1.09. The van der Waals surface area contributed by atoms with Crippen LogP contribution in [0.25, 0.3) is 0 Å². The van der Waals surface area contributed by atoms with Crippen molar-refractivity contribution in [1.82, 2.24) is 0 Å². The van der Waals surface area contributed by atoms with Crippen LogP contribution in [0.1, 0.15) is 6.42 Å². The zero-order valence-electron chi connectivity index (χ0n) is 5.33. The van der Waals surface area contributed by atoms with E-state index in [0.717, 1.165) is 0 Å². The van der Waals surface area contributed by atoms with Gasteiger partial charge in [0.25, 0.3) is 0 Å². The summed E-state index contributed by atoms with van der Waals surface area (Å²) in [5, 5.41) is 17.1. The summed E-state index contributed by atoms with van der Waals surface area (Å²) in [5.41, 5.74) is 10.5. The van der Waals surface area contributed by atoms with Crippen LogP contribution in [0.15, 0.2) is 0 Å². The van der Waals surface area contributed by atoms with Crippen LogP contribution in [-0.4, -0.2) is 35.5 Å². The van der Waals surface area contributed by atoms with Gasteiger partial charge in [-0.3, -0.25) is 0 Å². The van der Waals surface area contributed by atoms with Crippen LogP contribution in [0.3, 0.4) is 0 Å². The number of hydrogen-bond donors (Lipinski definition) is 4. The highest BCUT2D eigenvalue weighted by Gasteiger charge is 2.06. The molecule has 0 rings (SSSR count). The molecule has 56 valence electrons. The van der Waals surface area contributed by atoms with Crippen LogP contribution in [0, 0.1) is 0 Å². The van der Waals surface area contributed by atoms with Crippen LogP contribution in [0.2, 0.25) is 0 Å². The van der Waals surface area contributed by atoms with Gasteiger partial charge in [0, 0.05) is 12.6 Å². The molecule has 9 heavy (non-hydrogen) atoms. The van der Waals surface area contributed by atoms with Crippen LogP contribution in [0.4, 0.5) is 0 Å². The van der Waals surface area contributed by atoms with Crippen molar-refractivity contribution in [2.45, 2.75) is 18.6 Å². The van der Waals surface area contributed by atoms with Crippen molar-refractivity contribution in [3.8, 4) is 0 Å². The highest BCUT2D eigenvalue weighted by Crippen LogP contribution is 1.92. The summed E-state index contributed by atoms with van der Waals surface area (Å²) < 4.78 is 0. The summed E-state index contributed by atoms with van der Waals surface area (Å²) in [6, 6.07) is -0.202. The third kappa shape index (κ3) is 4.35. The van der Waals surface area contributed by atoms with Gasteiger partial charge in [0.1, 0.15) is 0 Å². The first-order valence-corrected chi connectivity index (χ1v) is 2.95. The second-order valence-electron chi connectivity index (χ2n) is 2.07. The van der Waals surface area contributed by atoms with Gasteiger partial charge in [-0.25, -0.2) is 0 Å². The quantitative estimate of drug-likeness (QED) is 0.358. The largest absolute Gasteiger partial charge is 0.394 e. The van der Waals surface area contributed by atoms with E-state index in [0.29, 0.717) is 13.0 Å². The number of hydrogen-bond acceptors (Lipinski definition) is 4. The van der Waals surface area contributed by atoms with Gasteiger partial charge in [-0.05, 0) is 6.42 Å². The van der Waals surface area contributed by atoms with Crippen LogP contribution < -0.4 is 11.5 Å². The average Bonchev–Trinajstić information content (AvgIpc) is 1.87. The maximum Gasteiger partial charge on any atom is 0.0786 e. The lowest BCUT2D eigenvalue weighted by Gasteiger charge is -2.11. The van der Waals surface area contributed by atoms with E-state index < -0.39 is 6.10 Å². The van der Waals surface area contributed by atoms with E-state index in [9.17, 15) is 0 Å². The number of nitrogens with two attached hydrogens (primary N) is 2. The van der Waals surface area contributed by atoms with Crippen LogP contribution in [0.5, 0.6) is 0 Å². The molecule has 0 radical (unpaired) electrons. The Morgan fingerprint density at radius 2 is 2.00 bits per heavy atom. The first-order valence-electron chi connectivity index (χ1n) is 2.95. The zero-order chi connectivity index (χ0) is 7.28. The van der Waals surface area contributed by atoms with E-state index in [2.05, 4.69) is 0 Å². The fraction of sp³-hybridized carbons (Fsp3) is 1.00. The van der Waals surface area contributed by atoms with Gasteiger partial charge < -0.3 is 21.7 Å². The highest BCUT2D eigenvalue weighted by molar-refractivity contribution is 4.66. The highest BCUT2D eigenvalue weighted by atomic mass is 16.3. The Balaban J connectivity index is 3.22. The molecule has 0 heterocycles. The molecule has 2 atom stereocenters. The first kappa shape index (κ1) is 8.84. The molecule has 0 aliphatic heterocycles. The zero-order valence-corrected chi connectivity index (χ0v) is 5.33. The van der Waals surface area contributed by atoms with Crippen LogP contribution in [-0.2, 0) is 0 Å². The molecule has 0 saturated heterocycles. The van der Waals surface area contributed by atoms with E-state index in [1.165, 1.54) is 0 Å². The van der Waals surface area contributed by atoms with E-state index in [-0.39, 0.29) is 12.6 Å². The fourth-order valence-electron chi connectivity index (χ4n) is 0.520. The van der Waals surface area contributed by atoms with E-state index >= 15 is 0 Å². The molecular formula is C5H14N2O2. The standard InChI is InChI=1S/C5H14N2O2/c6-2-4(7)1-5(9)3-8/h4-5,8-9H,1-3,6-7H2. The summed E-state index contributed by atoms with van der Waals surface area (Å²) in [6.07, 6.45) is -0.351. The molecule has 0 spiro atoms. The minimum atomic E-state index is -0.719. The van der Waals surface area contributed by atoms with Gasteiger partial charge in [-0.2, -0.15) is 0 Å². The van der Waals surface area contributed by atoms with Crippen molar-refractivity contribution >= 4 is 0 Å². The van der Waals surface area contributed by atoms with E-state index in [1.807, 2.05) is 0 Å². The summed E-state index contributed by atoms with van der Waals surface area (Å²) in [6.45, 7) is 0.102. The van der Waals surface area contributed by atoms with Gasteiger partial charge in [0.15, 0.2) is 0 Å². The SMILES string of the molecule is NCC(N)CC(O)CO. The predicted octanol–water partition coefficient (Wildman–Crippen LogP) is -1.98. The molecule has 2 unspecified atom stereocenters. The van der Waals surface area contributed by atoms with Crippen molar-refractivity contribution in [3.63, 3.8) is 0 Å². The minimum absolute atomic E-state index is 0.202. The van der Waals surface area contributed by atoms with Crippen molar-refractivity contribution in [1.29, 1.82) is 0 Å². The van der Waals surface area contributed by atoms with Gasteiger partial charge in [-0.1, -0.05) is 0 Å².